The van der Waals surface area contributed by atoms with Crippen molar-refractivity contribution in [3.63, 3.8) is 0 Å². The van der Waals surface area contributed by atoms with Crippen LogP contribution in [0.5, 0.6) is 0 Å². The zero-order chi connectivity index (χ0) is 12.4. The number of hydrogen-bond donors (Lipinski definition) is 2. The number of aromatic nitrogens is 3. The number of nitrogens with two attached hydrogens (primary N) is 1. The highest BCUT2D eigenvalue weighted by atomic mass is 32.2. The molecular weight excluding hydrogens is 236 g/mol. The Hall–Kier alpha value is -0.750. The minimum Gasteiger partial charge on any atom is -0.327 e. The maximum Gasteiger partial charge on any atom is 0.343 e. The topological polar surface area (TPSA) is 76.7 Å². The zero-order valence-corrected chi connectivity index (χ0v) is 11.2. The summed E-state index contributed by atoms with van der Waals surface area (Å²) in [6.45, 7) is 4.86. The van der Waals surface area contributed by atoms with Gasteiger partial charge in [0.1, 0.15) is 0 Å². The molecule has 96 valence electrons. The molecule has 5 nitrogen and oxygen atoms in total. The third kappa shape index (κ3) is 2.74. The maximum atomic E-state index is 11.5. The lowest BCUT2D eigenvalue weighted by Crippen LogP contribution is -2.38. The summed E-state index contributed by atoms with van der Waals surface area (Å²) in [5.41, 5.74) is 6.01. The third-order valence-electron chi connectivity index (χ3n) is 3.40. The Labute approximate surface area is 105 Å². The van der Waals surface area contributed by atoms with Crippen LogP contribution in [-0.4, -0.2) is 26.1 Å². The van der Waals surface area contributed by atoms with Crippen molar-refractivity contribution in [2.75, 3.05) is 0 Å². The van der Waals surface area contributed by atoms with Crippen LogP contribution in [0, 0.1) is 5.92 Å². The first kappa shape index (κ1) is 12.7. The molecule has 6 heteroatoms. The van der Waals surface area contributed by atoms with Crippen LogP contribution >= 0.6 is 11.8 Å². The third-order valence-corrected chi connectivity index (χ3v) is 4.77. The smallest absolute Gasteiger partial charge is 0.327 e. The molecule has 0 bridgehead atoms. The summed E-state index contributed by atoms with van der Waals surface area (Å²) in [5.74, 6) is 0.716. The van der Waals surface area contributed by atoms with Gasteiger partial charge in [0, 0.05) is 17.8 Å². The molecule has 1 aliphatic carbocycles. The molecule has 0 aliphatic heterocycles. The lowest BCUT2D eigenvalue weighted by Gasteiger charge is -2.31. The van der Waals surface area contributed by atoms with E-state index in [0.29, 0.717) is 17.7 Å². The summed E-state index contributed by atoms with van der Waals surface area (Å²) in [4.78, 5) is 11.5. The van der Waals surface area contributed by atoms with E-state index in [9.17, 15) is 4.79 Å². The summed E-state index contributed by atoms with van der Waals surface area (Å²) in [6, 6.07) is 0.216. The number of nitrogens with one attached hydrogen (secondary N) is 1. The molecule has 17 heavy (non-hydrogen) atoms. The molecule has 0 saturated heterocycles. The Kier molecular flexibility index (Phi) is 3.93. The van der Waals surface area contributed by atoms with Crippen LogP contribution in [0.25, 0.3) is 0 Å². The minimum atomic E-state index is -0.132. The van der Waals surface area contributed by atoms with E-state index in [4.69, 9.17) is 5.73 Å². The Bertz CT molecular complexity index is 427. The fraction of sp³-hybridized carbons (Fsp3) is 0.818. The van der Waals surface area contributed by atoms with Gasteiger partial charge in [0.25, 0.3) is 0 Å². The van der Waals surface area contributed by atoms with Crippen molar-refractivity contribution >= 4 is 11.8 Å². The van der Waals surface area contributed by atoms with Crippen molar-refractivity contribution in [1.29, 1.82) is 0 Å². The van der Waals surface area contributed by atoms with Crippen molar-refractivity contribution in [2.45, 2.75) is 56.1 Å². The quantitative estimate of drug-likeness (QED) is 0.852. The highest BCUT2D eigenvalue weighted by Gasteiger charge is 2.28. The Morgan fingerprint density at radius 2 is 2.35 bits per heavy atom. The van der Waals surface area contributed by atoms with Gasteiger partial charge in [-0.05, 0) is 32.1 Å². The van der Waals surface area contributed by atoms with Gasteiger partial charge in [-0.25, -0.2) is 9.89 Å². The van der Waals surface area contributed by atoms with E-state index in [-0.39, 0.29) is 11.7 Å². The van der Waals surface area contributed by atoms with E-state index in [2.05, 4.69) is 17.1 Å². The van der Waals surface area contributed by atoms with Gasteiger partial charge >= 0.3 is 5.69 Å². The Morgan fingerprint density at radius 3 is 3.06 bits per heavy atom. The van der Waals surface area contributed by atoms with Gasteiger partial charge in [-0.3, -0.25) is 4.57 Å². The lowest BCUT2D eigenvalue weighted by molar-refractivity contribution is 0.357. The average molecular weight is 256 g/mol. The second-order valence-electron chi connectivity index (χ2n) is 4.79. The van der Waals surface area contributed by atoms with Gasteiger partial charge in [0.2, 0.25) is 0 Å². The molecule has 1 fully saturated rings. The monoisotopic (exact) mass is 256 g/mol. The predicted octanol–water partition coefficient (Wildman–Crippen LogP) is 1.20. The molecular formula is C11H20N4OS. The second kappa shape index (κ2) is 5.27. The molecule has 1 heterocycles. The van der Waals surface area contributed by atoms with Gasteiger partial charge in [-0.1, -0.05) is 18.7 Å². The fourth-order valence-electron chi connectivity index (χ4n) is 2.30. The summed E-state index contributed by atoms with van der Waals surface area (Å²) >= 11 is 1.64. The molecule has 2 rings (SSSR count). The number of nitrogens with zero attached hydrogens (tertiary/aromatic N) is 2. The van der Waals surface area contributed by atoms with Crippen LogP contribution in [0.4, 0.5) is 0 Å². The van der Waals surface area contributed by atoms with Crippen molar-refractivity contribution in [2.24, 2.45) is 11.7 Å². The molecule has 1 aromatic heterocycles. The first-order chi connectivity index (χ1) is 8.11. The lowest BCUT2D eigenvalue weighted by atomic mass is 9.87. The summed E-state index contributed by atoms with van der Waals surface area (Å²) < 4.78 is 1.66. The minimum absolute atomic E-state index is 0.132. The number of aromatic amines is 1. The van der Waals surface area contributed by atoms with E-state index in [1.54, 1.807) is 16.3 Å². The van der Waals surface area contributed by atoms with Crippen molar-refractivity contribution in [3.05, 3.63) is 10.5 Å². The second-order valence-corrected chi connectivity index (χ2v) is 6.00. The van der Waals surface area contributed by atoms with E-state index in [0.717, 1.165) is 18.0 Å². The summed E-state index contributed by atoms with van der Waals surface area (Å²) in [6.07, 6.45) is 3.38. The maximum absolute atomic E-state index is 11.5. The predicted molar refractivity (Wildman–Crippen MR) is 69.2 cm³/mol. The summed E-state index contributed by atoms with van der Waals surface area (Å²) in [5, 5.41) is 7.72. The fourth-order valence-corrected chi connectivity index (χ4v) is 3.74. The highest BCUT2D eigenvalue weighted by molar-refractivity contribution is 7.99. The number of hydrogen-bond acceptors (Lipinski definition) is 4. The molecule has 3 unspecified atom stereocenters. The molecule has 0 amide bonds. The standard InChI is InChI=1S/C11H20N4OS/c1-3-15-10(16)13-14-11(15)17-9-6-7(2)4-5-8(9)12/h7-9H,3-6,12H2,1-2H3,(H,13,16). The summed E-state index contributed by atoms with van der Waals surface area (Å²) in [7, 11) is 0. The average Bonchev–Trinajstić information content (AvgIpc) is 2.64. The van der Waals surface area contributed by atoms with Crippen molar-refractivity contribution in [1.82, 2.24) is 14.8 Å². The molecule has 0 aromatic carbocycles. The first-order valence-corrected chi connectivity index (χ1v) is 7.07. The van der Waals surface area contributed by atoms with E-state index >= 15 is 0 Å². The largest absolute Gasteiger partial charge is 0.343 e. The zero-order valence-electron chi connectivity index (χ0n) is 10.3. The SMILES string of the molecule is CCn1c(SC2CC(C)CCC2N)n[nH]c1=O. The van der Waals surface area contributed by atoms with Crippen LogP contribution in [0.15, 0.2) is 9.95 Å². The highest BCUT2D eigenvalue weighted by Crippen LogP contribution is 2.34. The molecule has 0 radical (unpaired) electrons. The molecule has 1 aromatic rings. The first-order valence-electron chi connectivity index (χ1n) is 6.19. The van der Waals surface area contributed by atoms with Crippen molar-refractivity contribution < 1.29 is 0 Å². The van der Waals surface area contributed by atoms with E-state index in [1.807, 2.05) is 6.92 Å². The van der Waals surface area contributed by atoms with Crippen LogP contribution in [-0.2, 0) is 6.54 Å². The van der Waals surface area contributed by atoms with Gasteiger partial charge in [-0.2, -0.15) is 0 Å². The molecule has 0 spiro atoms. The molecule has 1 aliphatic rings. The van der Waals surface area contributed by atoms with Crippen LogP contribution in [0.2, 0.25) is 0 Å². The van der Waals surface area contributed by atoms with Gasteiger partial charge in [-0.15, -0.1) is 5.10 Å². The van der Waals surface area contributed by atoms with Crippen LogP contribution < -0.4 is 11.4 Å². The van der Waals surface area contributed by atoms with Gasteiger partial charge in [0.15, 0.2) is 5.16 Å². The molecule has 3 atom stereocenters. The van der Waals surface area contributed by atoms with Gasteiger partial charge < -0.3 is 5.73 Å². The van der Waals surface area contributed by atoms with E-state index < -0.39 is 0 Å². The molecule has 1 saturated carbocycles. The van der Waals surface area contributed by atoms with Crippen LogP contribution in [0.1, 0.15) is 33.1 Å². The van der Waals surface area contributed by atoms with Crippen molar-refractivity contribution in [3.8, 4) is 0 Å². The Morgan fingerprint density at radius 1 is 1.59 bits per heavy atom. The normalized spacial score (nSPS) is 29.5. The number of rotatable bonds is 3. The van der Waals surface area contributed by atoms with Gasteiger partial charge in [0.05, 0.1) is 0 Å². The number of H-pyrrole nitrogens is 1. The number of thioether (sulfide) groups is 1. The van der Waals surface area contributed by atoms with Crippen LogP contribution in [0.3, 0.4) is 0 Å². The van der Waals surface area contributed by atoms with E-state index in [1.165, 1.54) is 6.42 Å². The molecule has 3 N–H and O–H groups in total. The Balaban J connectivity index is 2.11.